The van der Waals surface area contributed by atoms with E-state index in [1.165, 1.54) is 17.5 Å². The van der Waals surface area contributed by atoms with Crippen molar-refractivity contribution in [3.63, 3.8) is 0 Å². The molecular formula is C20H11Cl2FN2O6S2. The van der Waals surface area contributed by atoms with Crippen LogP contribution in [0.2, 0.25) is 10.0 Å². The molecule has 0 aliphatic carbocycles. The number of halogens is 3. The maximum atomic E-state index is 14.7. The molecule has 0 amide bonds. The molecule has 0 saturated heterocycles. The molecule has 33 heavy (non-hydrogen) atoms. The van der Waals surface area contributed by atoms with Gasteiger partial charge in [0, 0.05) is 21.0 Å². The predicted octanol–water partition coefficient (Wildman–Crippen LogP) is 3.86. The lowest BCUT2D eigenvalue weighted by Gasteiger charge is -2.11. The van der Waals surface area contributed by atoms with Crippen molar-refractivity contribution in [3.8, 4) is 5.69 Å². The topological polar surface area (TPSA) is 126 Å². The van der Waals surface area contributed by atoms with Crippen molar-refractivity contribution in [1.29, 1.82) is 0 Å². The summed E-state index contributed by atoms with van der Waals surface area (Å²) >= 11 is 12.8. The van der Waals surface area contributed by atoms with Crippen molar-refractivity contribution < 1.29 is 22.7 Å². The van der Waals surface area contributed by atoms with E-state index in [0.717, 1.165) is 18.2 Å². The van der Waals surface area contributed by atoms with Crippen molar-refractivity contribution in [1.82, 2.24) is 9.55 Å². The van der Waals surface area contributed by atoms with E-state index in [2.05, 4.69) is 4.98 Å². The summed E-state index contributed by atoms with van der Waals surface area (Å²) in [5, 5.41) is 10.5. The summed E-state index contributed by atoms with van der Waals surface area (Å²) in [6, 6.07) is 7.06. The van der Waals surface area contributed by atoms with Crippen LogP contribution in [-0.4, -0.2) is 29.0 Å². The number of hydrogen-bond donors (Lipinski definition) is 2. The molecule has 0 saturated carbocycles. The maximum absolute atomic E-state index is 14.7. The molecule has 0 bridgehead atoms. The van der Waals surface area contributed by atoms with Gasteiger partial charge in [0.1, 0.15) is 10.7 Å². The fourth-order valence-corrected chi connectivity index (χ4v) is 6.16. The van der Waals surface area contributed by atoms with Crippen molar-refractivity contribution in [2.45, 2.75) is 10.6 Å². The van der Waals surface area contributed by atoms with Gasteiger partial charge >= 0.3 is 11.7 Å². The fraction of sp³-hybridized carbons (Fsp3) is 0.0500. The van der Waals surface area contributed by atoms with E-state index in [-0.39, 0.29) is 31.4 Å². The molecule has 4 aromatic rings. The summed E-state index contributed by atoms with van der Waals surface area (Å²) < 4.78 is 41.0. The Morgan fingerprint density at radius 3 is 2.45 bits per heavy atom. The minimum Gasteiger partial charge on any atom is -0.477 e. The van der Waals surface area contributed by atoms with E-state index in [4.69, 9.17) is 23.2 Å². The number of benzene rings is 2. The minimum atomic E-state index is -4.14. The number of carboxylic acids is 1. The first-order chi connectivity index (χ1) is 15.5. The van der Waals surface area contributed by atoms with Gasteiger partial charge in [-0.05, 0) is 30.3 Å². The van der Waals surface area contributed by atoms with Crippen LogP contribution < -0.4 is 11.2 Å². The molecule has 4 rings (SSSR count). The van der Waals surface area contributed by atoms with Gasteiger partial charge in [0.15, 0.2) is 9.84 Å². The number of aromatic amines is 1. The van der Waals surface area contributed by atoms with E-state index in [1.54, 1.807) is 6.07 Å². The van der Waals surface area contributed by atoms with Crippen LogP contribution >= 0.6 is 34.5 Å². The van der Waals surface area contributed by atoms with E-state index in [1.807, 2.05) is 0 Å². The van der Waals surface area contributed by atoms with Gasteiger partial charge in [0.25, 0.3) is 5.56 Å². The molecule has 2 N–H and O–H groups in total. The van der Waals surface area contributed by atoms with Crippen LogP contribution in [-0.2, 0) is 15.6 Å². The van der Waals surface area contributed by atoms with Gasteiger partial charge < -0.3 is 10.1 Å². The lowest BCUT2D eigenvalue weighted by Crippen LogP contribution is -2.34. The smallest absolute Gasteiger partial charge is 0.346 e. The highest BCUT2D eigenvalue weighted by Gasteiger charge is 2.24. The molecule has 13 heteroatoms. The van der Waals surface area contributed by atoms with Crippen molar-refractivity contribution in [2.24, 2.45) is 0 Å². The van der Waals surface area contributed by atoms with Gasteiger partial charge in [-0.3, -0.25) is 4.79 Å². The highest BCUT2D eigenvalue weighted by Crippen LogP contribution is 2.29. The van der Waals surface area contributed by atoms with Gasteiger partial charge in [-0.2, -0.15) is 0 Å². The maximum Gasteiger partial charge on any atom is 0.346 e. The van der Waals surface area contributed by atoms with Crippen LogP contribution in [0.1, 0.15) is 15.2 Å². The molecule has 0 aliphatic rings. The largest absolute Gasteiger partial charge is 0.477 e. The molecule has 0 aliphatic heterocycles. The average molecular weight is 529 g/mol. The molecule has 0 spiro atoms. The second kappa shape index (κ2) is 8.41. The summed E-state index contributed by atoms with van der Waals surface area (Å²) in [6.45, 7) is 0. The van der Waals surface area contributed by atoms with E-state index in [9.17, 15) is 32.3 Å². The van der Waals surface area contributed by atoms with E-state index < -0.39 is 49.2 Å². The van der Waals surface area contributed by atoms with Gasteiger partial charge in [0.05, 0.1) is 27.2 Å². The SMILES string of the molecule is O=C(O)c1scc2[nH]c(=O)n(-c3cc(S(=O)(=O)Cc4c(Cl)cccc4Cl)ccc3F)c(=O)c12. The number of rotatable bonds is 5. The number of hydrogen-bond acceptors (Lipinski definition) is 6. The molecule has 2 aromatic heterocycles. The standard InChI is InChI=1S/C20H11Cl2FN2O6S2/c21-11-2-1-3-12(22)10(11)8-33(30,31)9-4-5-13(23)15(6-9)25-18(26)16-14(24-20(25)29)7-32-17(16)19(27)28/h1-7H,8H2,(H,24,29)(H,27,28). The molecule has 0 fully saturated rings. The number of nitrogens with one attached hydrogen (secondary N) is 1. The third-order valence-electron chi connectivity index (χ3n) is 4.76. The zero-order valence-electron chi connectivity index (χ0n) is 16.1. The molecule has 8 nitrogen and oxygen atoms in total. The van der Waals surface area contributed by atoms with E-state index >= 15 is 0 Å². The zero-order valence-corrected chi connectivity index (χ0v) is 19.3. The van der Waals surface area contributed by atoms with Gasteiger partial charge in [-0.25, -0.2) is 27.0 Å². The Hall–Kier alpha value is -2.99. The number of carbonyl (C=O) groups is 1. The third-order valence-corrected chi connectivity index (χ3v) is 8.08. The summed E-state index contributed by atoms with van der Waals surface area (Å²) in [6.07, 6.45) is 0. The number of nitrogens with zero attached hydrogens (tertiary/aromatic N) is 1. The second-order valence-corrected chi connectivity index (χ2v) is 10.5. The van der Waals surface area contributed by atoms with Crippen LogP contribution in [0.25, 0.3) is 16.6 Å². The van der Waals surface area contributed by atoms with E-state index in [0.29, 0.717) is 15.9 Å². The second-order valence-electron chi connectivity index (χ2n) is 6.80. The van der Waals surface area contributed by atoms with Gasteiger partial charge in [-0.15, -0.1) is 11.3 Å². The number of sulfone groups is 1. The molecule has 170 valence electrons. The summed E-state index contributed by atoms with van der Waals surface area (Å²) in [5.41, 5.74) is -2.72. The summed E-state index contributed by atoms with van der Waals surface area (Å²) in [5.74, 6) is -3.09. The van der Waals surface area contributed by atoms with Crippen LogP contribution in [0, 0.1) is 5.82 Å². The number of fused-ring (bicyclic) bond motifs is 1. The molecule has 2 heterocycles. The average Bonchev–Trinajstić information content (AvgIpc) is 3.16. The molecule has 0 unspecified atom stereocenters. The molecule has 0 radical (unpaired) electrons. The first-order valence-electron chi connectivity index (χ1n) is 8.96. The van der Waals surface area contributed by atoms with Crippen molar-refractivity contribution in [2.75, 3.05) is 0 Å². The summed E-state index contributed by atoms with van der Waals surface area (Å²) in [4.78, 5) is 38.5. The molecular weight excluding hydrogens is 518 g/mol. The lowest BCUT2D eigenvalue weighted by atomic mass is 10.2. The number of H-pyrrole nitrogens is 1. The van der Waals surface area contributed by atoms with Crippen LogP contribution in [0.15, 0.2) is 56.3 Å². The third kappa shape index (κ3) is 4.08. The highest BCUT2D eigenvalue weighted by molar-refractivity contribution is 7.90. The first kappa shape index (κ1) is 23.2. The Labute approximate surface area is 198 Å². The minimum absolute atomic E-state index is 0.0267. The highest BCUT2D eigenvalue weighted by atomic mass is 35.5. The Bertz CT molecular complexity index is 1650. The monoisotopic (exact) mass is 528 g/mol. The Morgan fingerprint density at radius 2 is 1.82 bits per heavy atom. The van der Waals surface area contributed by atoms with Gasteiger partial charge in [0.2, 0.25) is 0 Å². The van der Waals surface area contributed by atoms with Crippen molar-refractivity contribution in [3.05, 3.63) is 88.9 Å². The Morgan fingerprint density at radius 1 is 1.15 bits per heavy atom. The van der Waals surface area contributed by atoms with Gasteiger partial charge in [-0.1, -0.05) is 29.3 Å². The Balaban J connectivity index is 1.91. The quantitative estimate of drug-likeness (QED) is 0.378. The zero-order chi connectivity index (χ0) is 24.1. The van der Waals surface area contributed by atoms with Crippen LogP contribution in [0.5, 0.6) is 0 Å². The van der Waals surface area contributed by atoms with Crippen molar-refractivity contribution >= 4 is 61.2 Å². The number of aromatic carboxylic acids is 1. The number of aromatic nitrogens is 2. The normalized spacial score (nSPS) is 11.7. The lowest BCUT2D eigenvalue weighted by molar-refractivity contribution is 0.0704. The number of carboxylic acid groups (broad SMARTS) is 1. The number of thiophene rings is 1. The Kier molecular flexibility index (Phi) is 5.91. The first-order valence-corrected chi connectivity index (χ1v) is 12.3. The molecule has 2 aromatic carbocycles. The summed E-state index contributed by atoms with van der Waals surface area (Å²) in [7, 11) is -4.14. The predicted molar refractivity (Wildman–Crippen MR) is 122 cm³/mol. The fourth-order valence-electron chi connectivity index (χ4n) is 3.21. The molecule has 0 atom stereocenters. The van der Waals surface area contributed by atoms with Crippen LogP contribution in [0.3, 0.4) is 0 Å². The van der Waals surface area contributed by atoms with Crippen LogP contribution in [0.4, 0.5) is 4.39 Å².